The summed E-state index contributed by atoms with van der Waals surface area (Å²) in [5.41, 5.74) is 1.05. The average Bonchev–Trinajstić information content (AvgIpc) is 3.13. The highest BCUT2D eigenvalue weighted by atomic mass is 32.2. The van der Waals surface area contributed by atoms with E-state index in [4.69, 9.17) is 0 Å². The van der Waals surface area contributed by atoms with Gasteiger partial charge in [0.05, 0.1) is 16.6 Å². The first-order valence-corrected chi connectivity index (χ1v) is 14.2. The number of nitrogens with zero attached hydrogens (tertiary/aromatic N) is 3. The zero-order chi connectivity index (χ0) is 26.4. The lowest BCUT2D eigenvalue weighted by Crippen LogP contribution is -2.54. The van der Waals surface area contributed by atoms with Crippen molar-refractivity contribution in [2.75, 3.05) is 26.2 Å². The number of benzene rings is 1. The molecule has 0 bridgehead atoms. The molecule has 3 amide bonds. The van der Waals surface area contributed by atoms with Crippen molar-refractivity contribution in [3.8, 4) is 0 Å². The number of amides is 3. The molecule has 0 saturated carbocycles. The minimum absolute atomic E-state index is 0.00361. The number of hydrogen-bond donors (Lipinski definition) is 1. The first-order chi connectivity index (χ1) is 17.7. The van der Waals surface area contributed by atoms with Gasteiger partial charge >= 0.3 is 0 Å². The average molecular weight is 524 g/mol. The molecule has 4 aliphatic rings. The largest absolute Gasteiger partial charge is 0.396 e. The number of fused-ring (bicyclic) bond motifs is 2. The van der Waals surface area contributed by atoms with Gasteiger partial charge in [-0.2, -0.15) is 0 Å². The second kappa shape index (κ2) is 9.95. The van der Waals surface area contributed by atoms with Crippen molar-refractivity contribution >= 4 is 29.5 Å². The molecule has 4 aliphatic heterocycles. The summed E-state index contributed by atoms with van der Waals surface area (Å²) in [5.74, 6) is -1.38. The number of aliphatic hydroxyl groups excluding tert-OH is 1. The Balaban J connectivity index is 1.57. The van der Waals surface area contributed by atoms with Crippen LogP contribution in [0, 0.1) is 11.8 Å². The van der Waals surface area contributed by atoms with Crippen LogP contribution in [0.3, 0.4) is 0 Å². The van der Waals surface area contributed by atoms with E-state index in [1.54, 1.807) is 16.7 Å². The standard InChI is InChI=1S/C29H37N3O4S/c1-20(2)31-17-10-14-29-23(26(35)32(16-7-8-18-33)24(29)27(31)36)22-25(34)30(15-9-13-28(22,3)37-29)19-21-11-5-4-6-12-21/h4-6,9-14,20,22-24,33H,7-8,15-19H2,1-3H3/t22-,23+,24?,28+,29+/m1/s1. The van der Waals surface area contributed by atoms with Crippen molar-refractivity contribution in [3.63, 3.8) is 0 Å². The fourth-order valence-electron chi connectivity index (χ4n) is 6.63. The summed E-state index contributed by atoms with van der Waals surface area (Å²) in [6.45, 7) is 7.95. The Hall–Kier alpha value is -2.58. The van der Waals surface area contributed by atoms with Crippen LogP contribution >= 0.6 is 11.8 Å². The monoisotopic (exact) mass is 523 g/mol. The van der Waals surface area contributed by atoms with Crippen LogP contribution in [0.15, 0.2) is 54.6 Å². The van der Waals surface area contributed by atoms with Crippen LogP contribution in [-0.4, -0.2) is 85.3 Å². The molecule has 0 radical (unpaired) electrons. The van der Waals surface area contributed by atoms with Crippen molar-refractivity contribution in [2.24, 2.45) is 11.8 Å². The van der Waals surface area contributed by atoms with Gasteiger partial charge in [-0.25, -0.2) is 0 Å². The van der Waals surface area contributed by atoms with Gasteiger partial charge in [-0.05, 0) is 39.2 Å². The zero-order valence-corrected chi connectivity index (χ0v) is 22.7. The predicted molar refractivity (Wildman–Crippen MR) is 145 cm³/mol. The Kier molecular flexibility index (Phi) is 7.00. The SMILES string of the molecule is CC(C)N1CC=C[C@]23S[C@@]4(C)C=CCN(Cc5ccccc5)C(=O)[C@H]4[C@H]2C(=O)N(CCCCO)C3C1=O. The highest BCUT2D eigenvalue weighted by Gasteiger charge is 2.73. The molecule has 1 N–H and O–H groups in total. The van der Waals surface area contributed by atoms with E-state index in [-0.39, 0.29) is 30.4 Å². The third-order valence-electron chi connectivity index (χ3n) is 8.32. The Labute approximate surface area is 223 Å². The number of thioether (sulfide) groups is 1. The molecule has 2 saturated heterocycles. The summed E-state index contributed by atoms with van der Waals surface area (Å²) < 4.78 is -1.41. The van der Waals surface area contributed by atoms with E-state index in [1.165, 1.54) is 0 Å². The van der Waals surface area contributed by atoms with Crippen LogP contribution < -0.4 is 0 Å². The number of hydrogen-bond acceptors (Lipinski definition) is 5. The molecule has 0 aromatic heterocycles. The van der Waals surface area contributed by atoms with E-state index < -0.39 is 27.4 Å². The maximum absolute atomic E-state index is 14.3. The van der Waals surface area contributed by atoms with E-state index in [1.807, 2.05) is 66.1 Å². The highest BCUT2D eigenvalue weighted by Crippen LogP contribution is 2.65. The zero-order valence-electron chi connectivity index (χ0n) is 21.9. The molecule has 1 aromatic carbocycles. The Morgan fingerprint density at radius 1 is 0.973 bits per heavy atom. The quantitative estimate of drug-likeness (QED) is 0.439. The van der Waals surface area contributed by atoms with Gasteiger partial charge in [-0.1, -0.05) is 54.6 Å². The fourth-order valence-corrected chi connectivity index (χ4v) is 8.79. The van der Waals surface area contributed by atoms with E-state index >= 15 is 0 Å². The molecule has 5 atom stereocenters. The third kappa shape index (κ3) is 4.22. The van der Waals surface area contributed by atoms with Gasteiger partial charge < -0.3 is 19.8 Å². The van der Waals surface area contributed by atoms with E-state index in [0.29, 0.717) is 39.0 Å². The molecule has 37 heavy (non-hydrogen) atoms. The van der Waals surface area contributed by atoms with E-state index in [0.717, 1.165) is 5.56 Å². The number of unbranched alkanes of at least 4 members (excludes halogenated alkanes) is 1. The molecule has 198 valence electrons. The van der Waals surface area contributed by atoms with Gasteiger partial charge in [0, 0.05) is 43.6 Å². The van der Waals surface area contributed by atoms with Crippen LogP contribution in [0.5, 0.6) is 0 Å². The van der Waals surface area contributed by atoms with Crippen molar-refractivity contribution in [1.29, 1.82) is 0 Å². The first kappa shape index (κ1) is 26.0. The number of aliphatic hydroxyl groups is 1. The smallest absolute Gasteiger partial charge is 0.247 e. The lowest BCUT2D eigenvalue weighted by atomic mass is 9.74. The van der Waals surface area contributed by atoms with Crippen LogP contribution in [0.1, 0.15) is 39.2 Å². The van der Waals surface area contributed by atoms with Gasteiger partial charge in [0.2, 0.25) is 17.7 Å². The van der Waals surface area contributed by atoms with Gasteiger partial charge in [0.25, 0.3) is 0 Å². The maximum atomic E-state index is 14.3. The molecular weight excluding hydrogens is 486 g/mol. The maximum Gasteiger partial charge on any atom is 0.247 e. The number of carbonyl (C=O) groups excluding carboxylic acids is 3. The minimum Gasteiger partial charge on any atom is -0.396 e. The molecule has 7 nitrogen and oxygen atoms in total. The summed E-state index contributed by atoms with van der Waals surface area (Å²) in [4.78, 5) is 48.0. The van der Waals surface area contributed by atoms with Crippen LogP contribution in [0.2, 0.25) is 0 Å². The van der Waals surface area contributed by atoms with Gasteiger partial charge in [-0.15, -0.1) is 11.8 Å². The molecular formula is C29H37N3O4S. The molecule has 4 heterocycles. The molecule has 1 aromatic rings. The lowest BCUT2D eigenvalue weighted by molar-refractivity contribution is -0.145. The van der Waals surface area contributed by atoms with Crippen molar-refractivity contribution in [3.05, 3.63) is 60.2 Å². The molecule has 0 aliphatic carbocycles. The van der Waals surface area contributed by atoms with Crippen molar-refractivity contribution < 1.29 is 19.5 Å². The van der Waals surface area contributed by atoms with Gasteiger partial charge in [-0.3, -0.25) is 14.4 Å². The van der Waals surface area contributed by atoms with Crippen LogP contribution in [0.25, 0.3) is 0 Å². The van der Waals surface area contributed by atoms with Gasteiger partial charge in [0.1, 0.15) is 6.04 Å². The van der Waals surface area contributed by atoms with Gasteiger partial charge in [0.15, 0.2) is 0 Å². The number of carbonyl (C=O) groups is 3. The van der Waals surface area contributed by atoms with E-state index in [9.17, 15) is 19.5 Å². The molecule has 5 rings (SSSR count). The summed E-state index contributed by atoms with van der Waals surface area (Å²) in [6, 6.07) is 9.25. The highest BCUT2D eigenvalue weighted by molar-refractivity contribution is 8.02. The predicted octanol–water partition coefficient (Wildman–Crippen LogP) is 2.85. The van der Waals surface area contributed by atoms with Crippen molar-refractivity contribution in [2.45, 2.75) is 61.7 Å². The Morgan fingerprint density at radius 2 is 1.70 bits per heavy atom. The van der Waals surface area contributed by atoms with Crippen molar-refractivity contribution in [1.82, 2.24) is 14.7 Å². The van der Waals surface area contributed by atoms with Crippen LogP contribution in [0.4, 0.5) is 0 Å². The second-order valence-corrected chi connectivity index (χ2v) is 12.8. The Bertz CT molecular complexity index is 1120. The second-order valence-electron chi connectivity index (χ2n) is 11.1. The summed E-state index contributed by atoms with van der Waals surface area (Å²) in [5, 5.41) is 9.36. The lowest BCUT2D eigenvalue weighted by Gasteiger charge is -2.37. The molecule has 8 heteroatoms. The summed E-state index contributed by atoms with van der Waals surface area (Å²) >= 11 is 1.62. The summed E-state index contributed by atoms with van der Waals surface area (Å²) in [6.07, 6.45) is 9.41. The third-order valence-corrected chi connectivity index (χ3v) is 10.1. The van der Waals surface area contributed by atoms with Crippen LogP contribution in [-0.2, 0) is 20.9 Å². The molecule has 1 unspecified atom stereocenters. The molecule has 2 fully saturated rings. The molecule has 1 spiro atoms. The minimum atomic E-state index is -0.813. The first-order valence-electron chi connectivity index (χ1n) is 13.3. The number of rotatable bonds is 7. The Morgan fingerprint density at radius 3 is 2.41 bits per heavy atom. The number of likely N-dealkylation sites (tertiary alicyclic amines) is 1. The normalized spacial score (nSPS) is 33.1. The van der Waals surface area contributed by atoms with E-state index in [2.05, 4.69) is 19.1 Å². The topological polar surface area (TPSA) is 81.2 Å². The fraction of sp³-hybridized carbons (Fsp3) is 0.552. The summed E-state index contributed by atoms with van der Waals surface area (Å²) in [7, 11) is 0.